The Morgan fingerprint density at radius 2 is 1.91 bits per heavy atom. The lowest BCUT2D eigenvalue weighted by atomic mass is 9.83. The summed E-state index contributed by atoms with van der Waals surface area (Å²) in [5.74, 6) is 0.515. The Bertz CT molecular complexity index is 1590. The number of benzene rings is 2. The summed E-state index contributed by atoms with van der Waals surface area (Å²) >= 11 is 1.25. The molecule has 1 N–H and O–H groups in total. The number of aliphatic hydroxyl groups excluding tert-OH is 1. The van der Waals surface area contributed by atoms with Crippen molar-refractivity contribution in [2.75, 3.05) is 6.61 Å². The van der Waals surface area contributed by atoms with Gasteiger partial charge in [-0.3, -0.25) is 0 Å². The first-order valence-corrected chi connectivity index (χ1v) is 12.2. The van der Waals surface area contributed by atoms with Crippen LogP contribution in [0.4, 0.5) is 8.78 Å². The van der Waals surface area contributed by atoms with Gasteiger partial charge in [0, 0.05) is 29.6 Å². The normalized spacial score (nSPS) is 17.7. The minimum absolute atomic E-state index is 0.206. The first-order chi connectivity index (χ1) is 16.9. The molecule has 1 aliphatic carbocycles. The number of aliphatic hydroxyl groups is 1. The van der Waals surface area contributed by atoms with E-state index in [-0.39, 0.29) is 17.8 Å². The third-order valence-corrected chi connectivity index (χ3v) is 7.67. The van der Waals surface area contributed by atoms with E-state index in [1.807, 2.05) is 36.7 Å². The SMILES string of the molecule is Cc1nc2cc(-c3nnc(-c4ccc(F)cc4OCC4CC(O)C4)c4c(F)csc34)ccc2n1C. The highest BCUT2D eigenvalue weighted by Gasteiger charge is 2.28. The van der Waals surface area contributed by atoms with Crippen LogP contribution in [0.3, 0.4) is 0 Å². The van der Waals surface area contributed by atoms with Gasteiger partial charge in [-0.25, -0.2) is 13.8 Å². The average molecular weight is 493 g/mol. The molecular formula is C26H22F2N4O2S. The van der Waals surface area contributed by atoms with Crippen LogP contribution in [-0.2, 0) is 7.05 Å². The fourth-order valence-corrected chi connectivity index (χ4v) is 5.55. The van der Waals surface area contributed by atoms with Gasteiger partial charge < -0.3 is 14.4 Å². The van der Waals surface area contributed by atoms with Gasteiger partial charge >= 0.3 is 0 Å². The Hall–Kier alpha value is -3.43. The van der Waals surface area contributed by atoms with E-state index >= 15 is 4.39 Å². The molecule has 1 saturated carbocycles. The summed E-state index contributed by atoms with van der Waals surface area (Å²) in [6.45, 7) is 2.29. The van der Waals surface area contributed by atoms with E-state index in [1.54, 1.807) is 6.07 Å². The van der Waals surface area contributed by atoms with Crippen LogP contribution in [0.2, 0.25) is 0 Å². The van der Waals surface area contributed by atoms with Gasteiger partial charge in [0.2, 0.25) is 0 Å². The zero-order valence-electron chi connectivity index (χ0n) is 19.1. The van der Waals surface area contributed by atoms with E-state index < -0.39 is 11.6 Å². The molecule has 5 aromatic rings. The predicted octanol–water partition coefficient (Wildman–Crippen LogP) is 5.65. The molecular weight excluding hydrogens is 470 g/mol. The lowest BCUT2D eigenvalue weighted by Gasteiger charge is -2.31. The maximum atomic E-state index is 15.1. The Labute approximate surface area is 203 Å². The number of aryl methyl sites for hydroxylation is 2. The quantitative estimate of drug-likeness (QED) is 0.343. The molecule has 3 aromatic heterocycles. The van der Waals surface area contributed by atoms with Crippen molar-refractivity contribution in [3.05, 3.63) is 59.2 Å². The largest absolute Gasteiger partial charge is 0.492 e. The lowest BCUT2D eigenvalue weighted by molar-refractivity contribution is 0.0203. The number of hydrogen-bond acceptors (Lipinski definition) is 6. The maximum Gasteiger partial charge on any atom is 0.144 e. The molecule has 2 aromatic carbocycles. The van der Waals surface area contributed by atoms with Crippen LogP contribution in [0.1, 0.15) is 18.7 Å². The monoisotopic (exact) mass is 492 g/mol. The molecule has 35 heavy (non-hydrogen) atoms. The third-order valence-electron chi connectivity index (χ3n) is 6.71. The second-order valence-corrected chi connectivity index (χ2v) is 9.93. The van der Waals surface area contributed by atoms with Crippen LogP contribution >= 0.6 is 11.3 Å². The van der Waals surface area contributed by atoms with Gasteiger partial charge in [-0.2, -0.15) is 0 Å². The maximum absolute atomic E-state index is 15.1. The molecule has 1 fully saturated rings. The predicted molar refractivity (Wildman–Crippen MR) is 131 cm³/mol. The zero-order chi connectivity index (χ0) is 24.3. The van der Waals surface area contributed by atoms with Crippen molar-refractivity contribution in [2.24, 2.45) is 13.0 Å². The second-order valence-electron chi connectivity index (χ2n) is 9.05. The summed E-state index contributed by atoms with van der Waals surface area (Å²) in [6.07, 6.45) is 1.01. The Morgan fingerprint density at radius 3 is 2.71 bits per heavy atom. The topological polar surface area (TPSA) is 73.1 Å². The van der Waals surface area contributed by atoms with Crippen molar-refractivity contribution in [1.29, 1.82) is 0 Å². The molecule has 3 heterocycles. The first kappa shape index (κ1) is 22.1. The second kappa shape index (κ2) is 8.35. The number of imidazole rings is 1. The third kappa shape index (κ3) is 3.75. The molecule has 0 radical (unpaired) electrons. The number of thiophene rings is 1. The average Bonchev–Trinajstić information content (AvgIpc) is 3.35. The summed E-state index contributed by atoms with van der Waals surface area (Å²) in [6, 6.07) is 9.97. The fourth-order valence-electron chi connectivity index (χ4n) is 4.63. The van der Waals surface area contributed by atoms with Crippen LogP contribution in [0.5, 0.6) is 5.75 Å². The number of halogens is 2. The fraction of sp³-hybridized carbons (Fsp3) is 0.269. The Kier molecular flexibility index (Phi) is 5.26. The van der Waals surface area contributed by atoms with Crippen molar-refractivity contribution in [1.82, 2.24) is 19.7 Å². The Balaban J connectivity index is 1.45. The summed E-state index contributed by atoms with van der Waals surface area (Å²) in [5, 5.41) is 20.2. The molecule has 6 rings (SSSR count). The van der Waals surface area contributed by atoms with Crippen molar-refractivity contribution in [2.45, 2.75) is 25.9 Å². The molecule has 0 amide bonds. The van der Waals surface area contributed by atoms with Gasteiger partial charge in [-0.1, -0.05) is 6.07 Å². The van der Waals surface area contributed by atoms with Gasteiger partial charge in [0.05, 0.1) is 33.8 Å². The van der Waals surface area contributed by atoms with Crippen molar-refractivity contribution >= 4 is 32.5 Å². The van der Waals surface area contributed by atoms with Crippen molar-refractivity contribution in [3.63, 3.8) is 0 Å². The van der Waals surface area contributed by atoms with Crippen LogP contribution in [-0.4, -0.2) is 37.6 Å². The molecule has 0 atom stereocenters. The van der Waals surface area contributed by atoms with Crippen LogP contribution in [0.25, 0.3) is 43.6 Å². The molecule has 0 aliphatic heterocycles. The molecule has 1 aliphatic rings. The highest BCUT2D eigenvalue weighted by molar-refractivity contribution is 7.17. The smallest absolute Gasteiger partial charge is 0.144 e. The minimum atomic E-state index is -0.456. The molecule has 0 saturated heterocycles. The summed E-state index contributed by atoms with van der Waals surface area (Å²) in [7, 11) is 1.96. The standard InChI is InChI=1S/C26H22F2N4O2S/c1-13-29-20-9-15(3-6-21(20)32(13)2)24-26-23(19(28)12-35-26)25(31-30-24)18-5-4-16(27)10-22(18)34-11-14-7-17(33)8-14/h3-6,9-10,12,14,17,33H,7-8,11H2,1-2H3. The first-order valence-electron chi connectivity index (χ1n) is 11.4. The molecule has 0 unspecified atom stereocenters. The molecule has 0 spiro atoms. The summed E-state index contributed by atoms with van der Waals surface area (Å²) in [5.41, 5.74) is 3.96. The van der Waals surface area contributed by atoms with Gasteiger partial charge in [0.25, 0.3) is 0 Å². The number of rotatable bonds is 5. The molecule has 6 nitrogen and oxygen atoms in total. The summed E-state index contributed by atoms with van der Waals surface area (Å²) < 4.78 is 37.8. The van der Waals surface area contributed by atoms with E-state index in [2.05, 4.69) is 15.2 Å². The van der Waals surface area contributed by atoms with Gasteiger partial charge in [-0.05, 0) is 49.9 Å². The summed E-state index contributed by atoms with van der Waals surface area (Å²) in [4.78, 5) is 4.60. The number of aromatic nitrogens is 4. The van der Waals surface area contributed by atoms with E-state index in [1.165, 1.54) is 28.8 Å². The highest BCUT2D eigenvalue weighted by Crippen LogP contribution is 2.41. The number of fused-ring (bicyclic) bond motifs is 2. The van der Waals surface area contributed by atoms with Crippen molar-refractivity contribution < 1.29 is 18.6 Å². The number of nitrogens with zero attached hydrogens (tertiary/aromatic N) is 4. The van der Waals surface area contributed by atoms with Gasteiger partial charge in [0.15, 0.2) is 0 Å². The van der Waals surface area contributed by atoms with E-state index in [0.717, 1.165) is 22.4 Å². The minimum Gasteiger partial charge on any atom is -0.492 e. The highest BCUT2D eigenvalue weighted by atomic mass is 32.1. The van der Waals surface area contributed by atoms with Gasteiger partial charge in [0.1, 0.15) is 34.6 Å². The number of ether oxygens (including phenoxy) is 1. The van der Waals surface area contributed by atoms with Crippen LogP contribution in [0, 0.1) is 24.5 Å². The molecule has 0 bridgehead atoms. The van der Waals surface area contributed by atoms with Crippen LogP contribution < -0.4 is 4.74 Å². The van der Waals surface area contributed by atoms with E-state index in [0.29, 0.717) is 46.5 Å². The van der Waals surface area contributed by atoms with Gasteiger partial charge in [-0.15, -0.1) is 21.5 Å². The molecule has 9 heteroatoms. The van der Waals surface area contributed by atoms with E-state index in [4.69, 9.17) is 4.74 Å². The van der Waals surface area contributed by atoms with Crippen LogP contribution in [0.15, 0.2) is 41.8 Å². The molecule has 178 valence electrons. The van der Waals surface area contributed by atoms with Crippen molar-refractivity contribution in [3.8, 4) is 28.3 Å². The Morgan fingerprint density at radius 1 is 1.11 bits per heavy atom. The number of hydrogen-bond donors (Lipinski definition) is 1. The lowest BCUT2D eigenvalue weighted by Crippen LogP contribution is -2.32. The van der Waals surface area contributed by atoms with E-state index in [9.17, 15) is 9.50 Å². The zero-order valence-corrected chi connectivity index (χ0v) is 19.9.